The molecule has 3 aromatic carbocycles. The van der Waals surface area contributed by atoms with E-state index in [1.165, 1.54) is 48.5 Å². The number of amides is 1. The van der Waals surface area contributed by atoms with Crippen molar-refractivity contribution in [2.24, 2.45) is 0 Å². The van der Waals surface area contributed by atoms with Gasteiger partial charge >= 0.3 is 0 Å². The highest BCUT2D eigenvalue weighted by Gasteiger charge is 2.45. The average Bonchev–Trinajstić information content (AvgIpc) is 3.04. The molecule has 1 amide bonds. The molecule has 0 radical (unpaired) electrons. The molecule has 1 unspecified atom stereocenters. The number of sulfone groups is 1. The van der Waals surface area contributed by atoms with Crippen molar-refractivity contribution in [2.45, 2.75) is 21.6 Å². The summed E-state index contributed by atoms with van der Waals surface area (Å²) in [6.07, 6.45) is 0. The fourth-order valence-electron chi connectivity index (χ4n) is 3.69. The lowest BCUT2D eigenvalue weighted by molar-refractivity contribution is 0.0949. The highest BCUT2D eigenvalue weighted by molar-refractivity contribution is 8.25. The van der Waals surface area contributed by atoms with E-state index in [0.717, 1.165) is 0 Å². The van der Waals surface area contributed by atoms with Crippen LogP contribution in [0.3, 0.4) is 0 Å². The van der Waals surface area contributed by atoms with E-state index >= 15 is 0 Å². The Labute approximate surface area is 181 Å². The highest BCUT2D eigenvalue weighted by atomic mass is 32.3. The number of carbonyl (C=O) groups is 1. The molecule has 1 heterocycles. The van der Waals surface area contributed by atoms with Crippen molar-refractivity contribution in [3.8, 4) is 0 Å². The molecule has 0 bridgehead atoms. The number of rotatable bonds is 5. The van der Waals surface area contributed by atoms with Gasteiger partial charge in [-0.25, -0.2) is 12.8 Å². The molecular formula is C22H20FNO5S2. The Hall–Kier alpha value is -2.72. The van der Waals surface area contributed by atoms with E-state index in [2.05, 4.69) is 5.32 Å². The zero-order valence-electron chi connectivity index (χ0n) is 16.2. The molecule has 0 saturated carbocycles. The average molecular weight is 462 g/mol. The van der Waals surface area contributed by atoms with E-state index in [1.54, 1.807) is 24.3 Å². The van der Waals surface area contributed by atoms with Crippen LogP contribution >= 0.6 is 10.6 Å². The molecule has 1 aliphatic rings. The quantitative estimate of drug-likeness (QED) is 0.523. The third-order valence-electron chi connectivity index (χ3n) is 5.16. The molecule has 1 atom stereocenters. The standard InChI is InChI=1S/C22H20FNO5S2/c23-16-7-4-6-15(12-16)13-24-22(25)18-10-5-11-19-21(18)20(14-30(19,26)27)31(28,29)17-8-2-1-3-9-17/h1-12,20,26-27H,13-14H2,(H,24,25). The number of carbonyl (C=O) groups excluding carboxylic acids is 1. The van der Waals surface area contributed by atoms with Crippen molar-refractivity contribution in [1.29, 1.82) is 0 Å². The Bertz CT molecular complexity index is 1250. The summed E-state index contributed by atoms with van der Waals surface area (Å²) in [7, 11) is -7.36. The van der Waals surface area contributed by atoms with Gasteiger partial charge in [-0.05, 0) is 42.0 Å². The van der Waals surface area contributed by atoms with Crippen LogP contribution in [-0.2, 0) is 16.4 Å². The maximum atomic E-state index is 13.4. The van der Waals surface area contributed by atoms with Gasteiger partial charge in [0.15, 0.2) is 9.84 Å². The summed E-state index contributed by atoms with van der Waals surface area (Å²) >= 11 is 0. The zero-order valence-corrected chi connectivity index (χ0v) is 17.9. The van der Waals surface area contributed by atoms with Crippen molar-refractivity contribution in [1.82, 2.24) is 5.32 Å². The summed E-state index contributed by atoms with van der Waals surface area (Å²) in [4.78, 5) is 13.0. The smallest absolute Gasteiger partial charge is 0.251 e. The molecule has 0 spiro atoms. The van der Waals surface area contributed by atoms with Crippen molar-refractivity contribution < 1.29 is 26.7 Å². The maximum Gasteiger partial charge on any atom is 0.251 e. The van der Waals surface area contributed by atoms with Gasteiger partial charge in [-0.1, -0.05) is 36.4 Å². The molecular weight excluding hydrogens is 441 g/mol. The van der Waals surface area contributed by atoms with E-state index in [0.29, 0.717) is 5.56 Å². The fourth-order valence-corrected chi connectivity index (χ4v) is 8.15. The molecule has 162 valence electrons. The Morgan fingerprint density at radius 3 is 2.45 bits per heavy atom. The second-order valence-electron chi connectivity index (χ2n) is 7.21. The molecule has 31 heavy (non-hydrogen) atoms. The Balaban J connectivity index is 1.72. The SMILES string of the molecule is O=C(NCc1cccc(F)c1)c1cccc2c1C(S(=O)(=O)c1ccccc1)CS2(O)O. The van der Waals surface area contributed by atoms with Gasteiger partial charge in [-0.2, -0.15) is 10.6 Å². The van der Waals surface area contributed by atoms with Gasteiger partial charge in [-0.3, -0.25) is 13.9 Å². The van der Waals surface area contributed by atoms with E-state index < -0.39 is 43.2 Å². The van der Waals surface area contributed by atoms with Gasteiger partial charge in [0.1, 0.15) is 11.1 Å². The second kappa shape index (κ2) is 8.08. The zero-order chi connectivity index (χ0) is 22.2. The Morgan fingerprint density at radius 2 is 1.74 bits per heavy atom. The van der Waals surface area contributed by atoms with E-state index in [-0.39, 0.29) is 27.5 Å². The summed E-state index contributed by atoms with van der Waals surface area (Å²) in [5.41, 5.74) is 0.692. The molecule has 3 aromatic rings. The first-order valence-electron chi connectivity index (χ1n) is 9.40. The number of fused-ring (bicyclic) bond motifs is 1. The van der Waals surface area contributed by atoms with Gasteiger partial charge in [0.05, 0.1) is 15.5 Å². The first-order valence-corrected chi connectivity index (χ1v) is 12.7. The number of benzene rings is 3. The summed E-state index contributed by atoms with van der Waals surface area (Å²) in [6.45, 7) is 0.0343. The van der Waals surface area contributed by atoms with Crippen LogP contribution in [0.2, 0.25) is 0 Å². The largest absolute Gasteiger partial charge is 0.348 e. The van der Waals surface area contributed by atoms with E-state index in [1.807, 2.05) is 0 Å². The summed E-state index contributed by atoms with van der Waals surface area (Å²) in [6, 6.07) is 17.8. The van der Waals surface area contributed by atoms with Gasteiger partial charge in [0.2, 0.25) is 0 Å². The topological polar surface area (TPSA) is 104 Å². The lowest BCUT2D eigenvalue weighted by atomic mass is 10.0. The molecule has 6 nitrogen and oxygen atoms in total. The van der Waals surface area contributed by atoms with Crippen LogP contribution in [0, 0.1) is 5.82 Å². The van der Waals surface area contributed by atoms with E-state index in [4.69, 9.17) is 0 Å². The van der Waals surface area contributed by atoms with Crippen LogP contribution in [0.4, 0.5) is 4.39 Å². The van der Waals surface area contributed by atoms with Crippen molar-refractivity contribution in [2.75, 3.05) is 5.75 Å². The number of halogens is 1. The fraction of sp³-hybridized carbons (Fsp3) is 0.136. The molecule has 3 N–H and O–H groups in total. The summed E-state index contributed by atoms with van der Waals surface area (Å²) in [5, 5.41) is 1.38. The molecule has 1 aliphatic heterocycles. The minimum absolute atomic E-state index is 0.0343. The van der Waals surface area contributed by atoms with Crippen LogP contribution < -0.4 is 5.32 Å². The Kier molecular flexibility index (Phi) is 5.61. The highest BCUT2D eigenvalue weighted by Crippen LogP contribution is 2.62. The van der Waals surface area contributed by atoms with Gasteiger partial charge < -0.3 is 5.32 Å². The van der Waals surface area contributed by atoms with Gasteiger partial charge in [0.25, 0.3) is 5.91 Å². The predicted molar refractivity (Wildman–Crippen MR) is 116 cm³/mol. The molecule has 0 fully saturated rings. The first-order chi connectivity index (χ1) is 14.7. The van der Waals surface area contributed by atoms with Crippen molar-refractivity contribution >= 4 is 26.3 Å². The summed E-state index contributed by atoms with van der Waals surface area (Å²) < 4.78 is 61.1. The molecule has 9 heteroatoms. The number of hydrogen-bond acceptors (Lipinski definition) is 5. The molecule has 0 saturated heterocycles. The molecule has 0 aromatic heterocycles. The second-order valence-corrected chi connectivity index (χ2v) is 11.4. The van der Waals surface area contributed by atoms with Crippen LogP contribution in [0.15, 0.2) is 82.6 Å². The minimum Gasteiger partial charge on any atom is -0.348 e. The lowest BCUT2D eigenvalue weighted by Crippen LogP contribution is -2.25. The third-order valence-corrected chi connectivity index (χ3v) is 9.31. The summed E-state index contributed by atoms with van der Waals surface area (Å²) in [5.74, 6) is -1.42. The minimum atomic E-state index is -3.98. The predicted octanol–water partition coefficient (Wildman–Crippen LogP) is 4.39. The van der Waals surface area contributed by atoms with E-state index in [9.17, 15) is 26.7 Å². The molecule has 4 rings (SSSR count). The number of nitrogens with one attached hydrogen (secondary N) is 1. The first kappa shape index (κ1) is 21.5. The lowest BCUT2D eigenvalue weighted by Gasteiger charge is -2.27. The van der Waals surface area contributed by atoms with Crippen LogP contribution in [0.5, 0.6) is 0 Å². The van der Waals surface area contributed by atoms with Crippen LogP contribution in [0.1, 0.15) is 26.7 Å². The van der Waals surface area contributed by atoms with Gasteiger partial charge in [-0.15, -0.1) is 0 Å². The van der Waals surface area contributed by atoms with Crippen LogP contribution in [-0.4, -0.2) is 29.2 Å². The van der Waals surface area contributed by atoms with Crippen molar-refractivity contribution in [3.05, 3.63) is 95.3 Å². The maximum absolute atomic E-state index is 13.4. The molecule has 0 aliphatic carbocycles. The van der Waals surface area contributed by atoms with Crippen molar-refractivity contribution in [3.63, 3.8) is 0 Å². The van der Waals surface area contributed by atoms with Crippen LogP contribution in [0.25, 0.3) is 0 Å². The normalized spacial score (nSPS) is 18.2. The monoisotopic (exact) mass is 461 g/mol. The third kappa shape index (κ3) is 4.09. The van der Waals surface area contributed by atoms with Gasteiger partial charge in [0, 0.05) is 17.7 Å². The number of hydrogen-bond donors (Lipinski definition) is 3. The Morgan fingerprint density at radius 1 is 1.03 bits per heavy atom.